The minimum Gasteiger partial charge on any atom is -0.393 e. The highest BCUT2D eigenvalue weighted by molar-refractivity contribution is 8.46. The number of hydrogen-bond acceptors (Lipinski definition) is 6. The van der Waals surface area contributed by atoms with Crippen LogP contribution in [-0.4, -0.2) is 59.0 Å². The highest BCUT2D eigenvalue weighted by Gasteiger charge is 2.70. The smallest absolute Gasteiger partial charge is 0.288 e. The fraction of sp³-hybridized carbons (Fsp3) is 1.00. The quantitative estimate of drug-likeness (QED) is 0.359. The van der Waals surface area contributed by atoms with Gasteiger partial charge in [-0.05, 0) is 52.0 Å². The number of aliphatic hydroxyl groups excluding tert-OH is 1. The van der Waals surface area contributed by atoms with Crippen LogP contribution in [0.2, 0.25) is 0 Å². The molecular weight excluding hydrogens is 419 g/mol. The first-order valence-corrected chi connectivity index (χ1v) is 12.1. The molecule has 2 heterocycles. The third-order valence-corrected chi connectivity index (χ3v) is 8.23. The van der Waals surface area contributed by atoms with Crippen molar-refractivity contribution in [1.82, 2.24) is 21.5 Å². The maximum Gasteiger partial charge on any atom is 0.288 e. The number of halogens is 5. The first-order chi connectivity index (χ1) is 13.0. The molecule has 0 amide bonds. The van der Waals surface area contributed by atoms with Crippen LogP contribution in [0.25, 0.3) is 0 Å². The summed E-state index contributed by atoms with van der Waals surface area (Å²) in [5.41, 5.74) is 5.36. The molecule has 0 bridgehead atoms. The molecule has 6 N–H and O–H groups in total. The van der Waals surface area contributed by atoms with E-state index in [0.29, 0.717) is 13.1 Å². The monoisotopic (exact) mass is 452 g/mol. The summed E-state index contributed by atoms with van der Waals surface area (Å²) in [5.74, 6) is -0.384. The van der Waals surface area contributed by atoms with E-state index in [0.717, 1.165) is 13.0 Å². The molecule has 3 fully saturated rings. The molecular formula is C17H33F5N4O2S. The maximum absolute atomic E-state index is 13.2. The summed E-state index contributed by atoms with van der Waals surface area (Å²) in [7, 11) is -9.61. The van der Waals surface area contributed by atoms with E-state index in [4.69, 9.17) is 0 Å². The molecule has 7 unspecified atom stereocenters. The van der Waals surface area contributed by atoms with Crippen molar-refractivity contribution in [2.45, 2.75) is 68.7 Å². The van der Waals surface area contributed by atoms with E-state index in [1.165, 1.54) is 0 Å². The van der Waals surface area contributed by atoms with Crippen LogP contribution in [0, 0.1) is 17.8 Å². The van der Waals surface area contributed by atoms with Gasteiger partial charge in [0.25, 0.3) is 10.2 Å². The topological polar surface area (TPSA) is 88.6 Å². The lowest BCUT2D eigenvalue weighted by Gasteiger charge is -2.54. The van der Waals surface area contributed by atoms with E-state index in [2.05, 4.69) is 21.5 Å². The van der Waals surface area contributed by atoms with Crippen LogP contribution in [0.15, 0.2) is 0 Å². The second kappa shape index (κ2) is 7.14. The molecule has 29 heavy (non-hydrogen) atoms. The van der Waals surface area contributed by atoms with E-state index in [9.17, 15) is 29.6 Å². The lowest BCUT2D eigenvalue weighted by atomic mass is 9.69. The SMILES string of the molecule is CC(C)(O)CNC1NNC(C2CCC(S(F)(F)(F)(F)F)CC2O)C2CCNCC12. The summed E-state index contributed by atoms with van der Waals surface area (Å²) in [6.07, 6.45) is -2.55. The Labute approximate surface area is 168 Å². The highest BCUT2D eigenvalue weighted by Crippen LogP contribution is 3.01. The van der Waals surface area contributed by atoms with Crippen molar-refractivity contribution in [3.8, 4) is 0 Å². The first kappa shape index (κ1) is 23.4. The van der Waals surface area contributed by atoms with Gasteiger partial charge in [-0.2, -0.15) is 0 Å². The van der Waals surface area contributed by atoms with Gasteiger partial charge in [0.05, 0.1) is 17.9 Å². The standard InChI is InChI=1S/C17H33F5N4O2S/c1-17(2,28)9-24-16-13-8-23-6-5-11(13)15(25-26-16)12-4-3-10(7-14(12)27)29(18,19,20,21)22/h10-16,23-28H,3-9H2,1-2H3. The summed E-state index contributed by atoms with van der Waals surface area (Å²) >= 11 is 0. The summed E-state index contributed by atoms with van der Waals surface area (Å²) in [6.45, 7) is 5.13. The van der Waals surface area contributed by atoms with Crippen LogP contribution in [-0.2, 0) is 0 Å². The molecule has 7 atom stereocenters. The van der Waals surface area contributed by atoms with Crippen LogP contribution >= 0.6 is 10.2 Å². The predicted octanol–water partition coefficient (Wildman–Crippen LogP) is 2.20. The fourth-order valence-electron chi connectivity index (χ4n) is 5.06. The van der Waals surface area contributed by atoms with Gasteiger partial charge in [-0.1, -0.05) is 19.4 Å². The van der Waals surface area contributed by atoms with Crippen molar-refractivity contribution < 1.29 is 29.6 Å². The minimum atomic E-state index is -9.61. The molecule has 0 spiro atoms. The molecule has 1 saturated carbocycles. The number of piperidine rings is 1. The molecule has 0 aromatic rings. The maximum atomic E-state index is 13.2. The van der Waals surface area contributed by atoms with Crippen molar-refractivity contribution in [1.29, 1.82) is 0 Å². The normalized spacial score (nSPS) is 41.9. The van der Waals surface area contributed by atoms with Crippen molar-refractivity contribution >= 4 is 10.2 Å². The predicted molar refractivity (Wildman–Crippen MR) is 103 cm³/mol. The molecule has 3 rings (SSSR count). The average Bonchev–Trinajstić information content (AvgIpc) is 2.57. The van der Waals surface area contributed by atoms with E-state index in [1.807, 2.05) is 0 Å². The van der Waals surface area contributed by atoms with Gasteiger partial charge in [-0.3, -0.25) is 10.7 Å². The zero-order valence-corrected chi connectivity index (χ0v) is 17.5. The third-order valence-electron chi connectivity index (χ3n) is 6.55. The average molecular weight is 453 g/mol. The number of hydrogen-bond donors (Lipinski definition) is 6. The molecule has 0 aromatic heterocycles. The van der Waals surface area contributed by atoms with Crippen molar-refractivity contribution in [2.75, 3.05) is 19.6 Å². The van der Waals surface area contributed by atoms with Crippen molar-refractivity contribution in [2.24, 2.45) is 17.8 Å². The van der Waals surface area contributed by atoms with Crippen LogP contribution in [0.4, 0.5) is 19.4 Å². The Hall–Kier alpha value is -0.240. The second-order valence-electron chi connectivity index (χ2n) is 9.50. The van der Waals surface area contributed by atoms with Gasteiger partial charge >= 0.3 is 0 Å². The van der Waals surface area contributed by atoms with Gasteiger partial charge in [-0.15, -0.1) is 0 Å². The fourth-order valence-corrected chi connectivity index (χ4v) is 6.20. The minimum absolute atomic E-state index is 0.0629. The molecule has 174 valence electrons. The molecule has 3 aliphatic rings. The Morgan fingerprint density at radius 1 is 1.00 bits per heavy atom. The summed E-state index contributed by atoms with van der Waals surface area (Å²) in [6, 6.07) is -0.309. The van der Waals surface area contributed by atoms with Crippen molar-refractivity contribution in [3.05, 3.63) is 0 Å². The van der Waals surface area contributed by atoms with E-state index in [1.54, 1.807) is 13.8 Å². The van der Waals surface area contributed by atoms with Crippen LogP contribution in [0.5, 0.6) is 0 Å². The highest BCUT2D eigenvalue weighted by atomic mass is 32.5. The number of aliphatic hydroxyl groups is 2. The van der Waals surface area contributed by atoms with Gasteiger partial charge in [-0.25, -0.2) is 5.43 Å². The second-order valence-corrected chi connectivity index (χ2v) is 12.2. The molecule has 0 radical (unpaired) electrons. The Bertz CT molecular complexity index is 603. The summed E-state index contributed by atoms with van der Waals surface area (Å²) in [5, 5.41) is 24.2. The number of rotatable bonds is 5. The molecule has 6 nitrogen and oxygen atoms in total. The first-order valence-electron chi connectivity index (χ1n) is 10.1. The zero-order valence-electron chi connectivity index (χ0n) is 16.7. The van der Waals surface area contributed by atoms with Gasteiger partial charge in [0.2, 0.25) is 0 Å². The van der Waals surface area contributed by atoms with Crippen LogP contribution in [0.3, 0.4) is 0 Å². The van der Waals surface area contributed by atoms with Gasteiger partial charge in [0.15, 0.2) is 0 Å². The van der Waals surface area contributed by atoms with Crippen LogP contribution in [0.1, 0.15) is 39.5 Å². The number of fused-ring (bicyclic) bond motifs is 1. The Morgan fingerprint density at radius 2 is 1.69 bits per heavy atom. The van der Waals surface area contributed by atoms with Crippen molar-refractivity contribution in [3.63, 3.8) is 0 Å². The van der Waals surface area contributed by atoms with E-state index < -0.39 is 45.9 Å². The van der Waals surface area contributed by atoms with E-state index >= 15 is 0 Å². The Morgan fingerprint density at radius 3 is 2.28 bits per heavy atom. The van der Waals surface area contributed by atoms with Gasteiger partial charge in [0, 0.05) is 31.0 Å². The molecule has 2 aliphatic heterocycles. The van der Waals surface area contributed by atoms with Crippen LogP contribution < -0.4 is 21.5 Å². The van der Waals surface area contributed by atoms with Gasteiger partial charge in [0.1, 0.15) is 5.25 Å². The Kier molecular flexibility index (Phi) is 5.77. The summed E-state index contributed by atoms with van der Waals surface area (Å²) in [4.78, 5) is 0. The molecule has 12 heteroatoms. The number of hydrazine groups is 1. The lowest BCUT2D eigenvalue weighted by Crippen LogP contribution is -2.71. The third kappa shape index (κ3) is 5.72. The van der Waals surface area contributed by atoms with E-state index in [-0.39, 0.29) is 30.5 Å². The van der Waals surface area contributed by atoms with Gasteiger partial charge < -0.3 is 15.5 Å². The summed E-state index contributed by atoms with van der Waals surface area (Å²) < 4.78 is 65.8. The lowest BCUT2D eigenvalue weighted by molar-refractivity contribution is -0.0255. The molecule has 1 aliphatic carbocycles. The Balaban J connectivity index is 1.69. The largest absolute Gasteiger partial charge is 0.393 e. The molecule has 0 aromatic carbocycles. The zero-order chi connectivity index (χ0) is 21.7. The number of nitrogens with one attached hydrogen (secondary N) is 4. The molecule has 2 saturated heterocycles.